The van der Waals surface area contributed by atoms with Gasteiger partial charge in [0.05, 0.1) is 32.5 Å². The second-order valence-electron chi connectivity index (χ2n) is 5.90. The van der Waals surface area contributed by atoms with E-state index in [1.807, 2.05) is 6.07 Å². The molecule has 0 radical (unpaired) electrons. The molecule has 0 aliphatic heterocycles. The Hall–Kier alpha value is -2.14. The predicted octanol–water partition coefficient (Wildman–Crippen LogP) is 3.78. The molecule has 0 amide bonds. The van der Waals surface area contributed by atoms with Gasteiger partial charge in [0.15, 0.2) is 0 Å². The number of nitriles is 1. The summed E-state index contributed by atoms with van der Waals surface area (Å²) in [5.41, 5.74) is 0.367. The van der Waals surface area contributed by atoms with Gasteiger partial charge in [-0.05, 0) is 34.6 Å². The van der Waals surface area contributed by atoms with Crippen molar-refractivity contribution in [2.24, 2.45) is 5.92 Å². The quantitative estimate of drug-likeness (QED) is 0.360. The number of aryl methyl sites for hydroxylation is 1. The summed E-state index contributed by atoms with van der Waals surface area (Å²) in [6, 6.07) is 1.89. The van der Waals surface area contributed by atoms with Crippen LogP contribution in [-0.2, 0) is 40.5 Å². The Balaban J connectivity index is 3.40. The minimum absolute atomic E-state index is 0.0357. The molecule has 0 fully saturated rings. The van der Waals surface area contributed by atoms with Crippen molar-refractivity contribution in [2.75, 3.05) is 26.4 Å². The Morgan fingerprint density at radius 3 is 2.14 bits per heavy atom. The van der Waals surface area contributed by atoms with Gasteiger partial charge in [-0.1, -0.05) is 0 Å². The van der Waals surface area contributed by atoms with Crippen LogP contribution in [0.5, 0.6) is 0 Å². The average molecular weight is 429 g/mol. The normalized spacial score (nSPS) is 12.3. The van der Waals surface area contributed by atoms with Crippen molar-refractivity contribution in [3.8, 4) is 6.07 Å². The minimum Gasteiger partial charge on any atom is -0.465 e. The molecule has 0 aliphatic carbocycles. The highest BCUT2D eigenvalue weighted by molar-refractivity contribution is 7.53. The van der Waals surface area contributed by atoms with Gasteiger partial charge in [-0.2, -0.15) is 5.26 Å². The highest BCUT2D eigenvalue weighted by Gasteiger charge is 2.34. The van der Waals surface area contributed by atoms with Crippen molar-refractivity contribution in [1.29, 1.82) is 5.26 Å². The van der Waals surface area contributed by atoms with Crippen LogP contribution < -0.4 is 0 Å². The van der Waals surface area contributed by atoms with Crippen molar-refractivity contribution in [3.63, 3.8) is 0 Å². The van der Waals surface area contributed by atoms with Crippen LogP contribution in [0.2, 0.25) is 0 Å². The topological polar surface area (TPSA) is 125 Å². The van der Waals surface area contributed by atoms with Crippen molar-refractivity contribution >= 4 is 19.5 Å². The van der Waals surface area contributed by atoms with Gasteiger partial charge in [-0.3, -0.25) is 9.36 Å². The zero-order valence-corrected chi connectivity index (χ0v) is 18.4. The number of hydrogen-bond donors (Lipinski definition) is 0. The third-order valence-electron chi connectivity index (χ3n) is 3.89. The van der Waals surface area contributed by atoms with Crippen LogP contribution in [0, 0.1) is 24.2 Å². The van der Waals surface area contributed by atoms with E-state index in [4.69, 9.17) is 22.9 Å². The second-order valence-corrected chi connectivity index (χ2v) is 7.95. The molecule has 1 aromatic rings. The second kappa shape index (κ2) is 11.8. The monoisotopic (exact) mass is 429 g/mol. The van der Waals surface area contributed by atoms with E-state index < -0.39 is 25.5 Å². The first kappa shape index (κ1) is 24.9. The fraction of sp³-hybridized carbons (Fsp3) is 0.632. The van der Waals surface area contributed by atoms with E-state index in [9.17, 15) is 19.4 Å². The lowest BCUT2D eigenvalue weighted by Crippen LogP contribution is -2.20. The van der Waals surface area contributed by atoms with E-state index in [1.54, 1.807) is 34.6 Å². The summed E-state index contributed by atoms with van der Waals surface area (Å²) in [5.74, 6) is -2.14. The van der Waals surface area contributed by atoms with Crippen molar-refractivity contribution < 1.29 is 37.1 Å². The summed E-state index contributed by atoms with van der Waals surface area (Å²) < 4.78 is 39.2. The molecular formula is C19H28NO8P. The summed E-state index contributed by atoms with van der Waals surface area (Å²) in [6.07, 6.45) is -0.382. The Labute approximate surface area is 170 Å². The van der Waals surface area contributed by atoms with Crippen LogP contribution in [-0.4, -0.2) is 38.4 Å². The average Bonchev–Trinajstić information content (AvgIpc) is 2.94. The van der Waals surface area contributed by atoms with Gasteiger partial charge in [-0.15, -0.1) is 0 Å². The van der Waals surface area contributed by atoms with Gasteiger partial charge in [0.2, 0.25) is 0 Å². The molecule has 1 rings (SSSR count). The molecule has 0 bridgehead atoms. The molecule has 1 unspecified atom stereocenters. The fourth-order valence-electron chi connectivity index (χ4n) is 2.77. The van der Waals surface area contributed by atoms with Crippen LogP contribution in [0.1, 0.15) is 55.1 Å². The van der Waals surface area contributed by atoms with E-state index in [2.05, 4.69) is 0 Å². The molecule has 0 aromatic carbocycles. The summed E-state index contributed by atoms with van der Waals surface area (Å²) in [6.45, 7) is 8.76. The van der Waals surface area contributed by atoms with Gasteiger partial charge in [0.25, 0.3) is 0 Å². The van der Waals surface area contributed by atoms with Crippen molar-refractivity contribution in [2.45, 2.75) is 47.2 Å². The van der Waals surface area contributed by atoms with Crippen LogP contribution >= 0.6 is 7.60 Å². The highest BCUT2D eigenvalue weighted by Crippen LogP contribution is 2.52. The van der Waals surface area contributed by atoms with E-state index in [1.165, 1.54) is 0 Å². The lowest BCUT2D eigenvalue weighted by molar-refractivity contribution is -0.145. The number of nitrogens with zero attached hydrogens (tertiary/aromatic N) is 1. The molecule has 29 heavy (non-hydrogen) atoms. The van der Waals surface area contributed by atoms with E-state index >= 15 is 0 Å². The summed E-state index contributed by atoms with van der Waals surface area (Å²) >= 11 is 0. The number of ether oxygens (including phenoxy) is 2. The van der Waals surface area contributed by atoms with Crippen LogP contribution in [0.15, 0.2) is 4.42 Å². The zero-order chi connectivity index (χ0) is 22.0. The van der Waals surface area contributed by atoms with E-state index in [0.29, 0.717) is 11.3 Å². The standard InChI is InChI=1S/C19H28NO8P/c1-6-24-18(21)14(11-20)10-15-13(5)28-16(17(15)19(22)25-7-2)12-29(23,26-8-3)27-9-4/h14H,6-10,12H2,1-5H3. The first-order valence-corrected chi connectivity index (χ1v) is 11.2. The maximum atomic E-state index is 12.9. The summed E-state index contributed by atoms with van der Waals surface area (Å²) in [7, 11) is -3.56. The molecule has 0 aliphatic rings. The van der Waals surface area contributed by atoms with Gasteiger partial charge in [0, 0.05) is 12.0 Å². The summed E-state index contributed by atoms with van der Waals surface area (Å²) in [4.78, 5) is 24.6. The molecule has 0 N–H and O–H groups in total. The number of carbonyl (C=O) groups excluding carboxylic acids is 2. The zero-order valence-electron chi connectivity index (χ0n) is 17.5. The molecule has 0 saturated carbocycles. The third kappa shape index (κ3) is 6.70. The third-order valence-corrected chi connectivity index (χ3v) is 5.86. The molecule has 9 nitrogen and oxygen atoms in total. The largest absolute Gasteiger partial charge is 0.465 e. The first-order chi connectivity index (χ1) is 13.8. The molecule has 0 spiro atoms. The maximum absolute atomic E-state index is 12.9. The Bertz CT molecular complexity index is 785. The molecule has 162 valence electrons. The van der Waals surface area contributed by atoms with Gasteiger partial charge in [-0.25, -0.2) is 4.79 Å². The molecule has 1 heterocycles. The van der Waals surface area contributed by atoms with Gasteiger partial charge < -0.3 is 22.9 Å². The lowest BCUT2D eigenvalue weighted by atomic mass is 9.97. The van der Waals surface area contributed by atoms with Crippen molar-refractivity contribution in [3.05, 3.63) is 22.6 Å². The minimum atomic E-state index is -3.56. The Morgan fingerprint density at radius 1 is 1.07 bits per heavy atom. The number of furan rings is 1. The summed E-state index contributed by atoms with van der Waals surface area (Å²) in [5, 5.41) is 9.36. The highest BCUT2D eigenvalue weighted by atomic mass is 31.2. The van der Waals surface area contributed by atoms with E-state index in [-0.39, 0.29) is 50.3 Å². The molecule has 0 saturated heterocycles. The maximum Gasteiger partial charge on any atom is 0.342 e. The molecular weight excluding hydrogens is 401 g/mol. The SMILES string of the molecule is CCOC(=O)c1c(CP(=O)(OCC)OCC)oc(C)c1CC(C#N)C(=O)OCC. The van der Waals surface area contributed by atoms with Gasteiger partial charge in [0.1, 0.15) is 29.2 Å². The molecule has 1 aromatic heterocycles. The number of carbonyl (C=O) groups is 2. The Kier molecular flexibility index (Phi) is 10.1. The molecule has 1 atom stereocenters. The van der Waals surface area contributed by atoms with Gasteiger partial charge >= 0.3 is 19.5 Å². The predicted molar refractivity (Wildman–Crippen MR) is 103 cm³/mol. The smallest absolute Gasteiger partial charge is 0.342 e. The molecule has 10 heteroatoms. The van der Waals surface area contributed by atoms with Crippen LogP contribution in [0.3, 0.4) is 0 Å². The van der Waals surface area contributed by atoms with Crippen LogP contribution in [0.25, 0.3) is 0 Å². The van der Waals surface area contributed by atoms with Crippen LogP contribution in [0.4, 0.5) is 0 Å². The number of esters is 2. The lowest BCUT2D eigenvalue weighted by Gasteiger charge is -2.16. The number of hydrogen-bond acceptors (Lipinski definition) is 9. The van der Waals surface area contributed by atoms with Crippen molar-refractivity contribution in [1.82, 2.24) is 0 Å². The van der Waals surface area contributed by atoms with E-state index in [0.717, 1.165) is 0 Å². The number of rotatable bonds is 12. The fourth-order valence-corrected chi connectivity index (χ4v) is 4.38. The Morgan fingerprint density at radius 2 is 1.66 bits per heavy atom. The first-order valence-electron chi connectivity index (χ1n) is 9.49.